The minimum Gasteiger partial charge on any atom is -0.253 e. The van der Waals surface area contributed by atoms with E-state index in [4.69, 9.17) is 0 Å². The van der Waals surface area contributed by atoms with Gasteiger partial charge in [-0.1, -0.05) is 38.1 Å². The summed E-state index contributed by atoms with van der Waals surface area (Å²) < 4.78 is 0. The second-order valence-electron chi connectivity index (χ2n) is 2.96. The van der Waals surface area contributed by atoms with Crippen molar-refractivity contribution in [2.24, 2.45) is 0 Å². The standard InChI is InChI=1S/C11H11N.C2H6/c1-9-7-8-10-5-3-2-4-6-11(10)12-9;1-2/h2,4-8H,3H2,1H3;1-2H3. The van der Waals surface area contributed by atoms with Gasteiger partial charge in [0.15, 0.2) is 0 Å². The fourth-order valence-corrected chi connectivity index (χ4v) is 1.33. The van der Waals surface area contributed by atoms with Crippen molar-refractivity contribution in [3.63, 3.8) is 0 Å². The first-order valence-electron chi connectivity index (χ1n) is 5.17. The predicted octanol–water partition coefficient (Wildman–Crippen LogP) is 1.94. The van der Waals surface area contributed by atoms with Crippen molar-refractivity contribution >= 4 is 12.2 Å². The summed E-state index contributed by atoms with van der Waals surface area (Å²) in [6.45, 7) is 6.02. The second kappa shape index (κ2) is 5.38. The molecule has 1 aromatic rings. The quantitative estimate of drug-likeness (QED) is 0.605. The van der Waals surface area contributed by atoms with E-state index in [0.717, 1.165) is 17.5 Å². The Bertz CT molecular complexity index is 427. The third-order valence-electron chi connectivity index (χ3n) is 1.96. The molecule has 14 heavy (non-hydrogen) atoms. The minimum absolute atomic E-state index is 1.01. The topological polar surface area (TPSA) is 12.9 Å². The highest BCUT2D eigenvalue weighted by Crippen LogP contribution is 1.89. The van der Waals surface area contributed by atoms with Crippen LogP contribution < -0.4 is 10.6 Å². The summed E-state index contributed by atoms with van der Waals surface area (Å²) in [5, 5.41) is 2.33. The molecule has 1 heterocycles. The van der Waals surface area contributed by atoms with Gasteiger partial charge in [-0.2, -0.15) is 0 Å². The fraction of sp³-hybridized carbons (Fsp3) is 0.308. The van der Waals surface area contributed by atoms with Crippen LogP contribution in [0.5, 0.6) is 0 Å². The lowest BCUT2D eigenvalue weighted by Crippen LogP contribution is -2.27. The molecule has 0 aliphatic heterocycles. The molecule has 74 valence electrons. The number of hydrogen-bond donors (Lipinski definition) is 0. The van der Waals surface area contributed by atoms with Crippen molar-refractivity contribution in [2.75, 3.05) is 0 Å². The van der Waals surface area contributed by atoms with Crippen LogP contribution in [-0.4, -0.2) is 4.98 Å². The molecule has 0 saturated carbocycles. The fourth-order valence-electron chi connectivity index (χ4n) is 1.33. The Morgan fingerprint density at radius 2 is 2.00 bits per heavy atom. The minimum atomic E-state index is 1.01. The van der Waals surface area contributed by atoms with E-state index in [0.29, 0.717) is 0 Å². The molecule has 0 aromatic carbocycles. The van der Waals surface area contributed by atoms with Crippen molar-refractivity contribution in [1.82, 2.24) is 4.98 Å². The largest absolute Gasteiger partial charge is 0.253 e. The van der Waals surface area contributed by atoms with Crippen LogP contribution in [0.2, 0.25) is 0 Å². The van der Waals surface area contributed by atoms with Gasteiger partial charge >= 0.3 is 0 Å². The first-order chi connectivity index (χ1) is 6.86. The molecule has 0 spiro atoms. The maximum absolute atomic E-state index is 4.44. The predicted molar refractivity (Wildman–Crippen MR) is 62.3 cm³/mol. The zero-order valence-corrected chi connectivity index (χ0v) is 9.12. The molecule has 0 saturated heterocycles. The number of allylic oxidation sites excluding steroid dienone is 2. The molecule has 1 heteroatoms. The number of fused-ring (bicyclic) bond motifs is 1. The summed E-state index contributed by atoms with van der Waals surface area (Å²) in [6, 6.07) is 4.18. The van der Waals surface area contributed by atoms with Gasteiger partial charge in [0.05, 0.1) is 5.35 Å². The molecule has 1 aromatic heterocycles. The van der Waals surface area contributed by atoms with Crippen LogP contribution in [0.1, 0.15) is 26.0 Å². The van der Waals surface area contributed by atoms with Gasteiger partial charge in [-0.3, -0.25) is 4.98 Å². The molecule has 0 amide bonds. The molecule has 1 aliphatic carbocycles. The average molecular weight is 187 g/mol. The normalized spacial score (nSPS) is 12.5. The molecule has 0 fully saturated rings. The van der Waals surface area contributed by atoms with Gasteiger partial charge in [0, 0.05) is 5.69 Å². The van der Waals surface area contributed by atoms with Crippen molar-refractivity contribution in [3.8, 4) is 0 Å². The van der Waals surface area contributed by atoms with Gasteiger partial charge in [0.1, 0.15) is 0 Å². The smallest absolute Gasteiger partial charge is 0.0701 e. The molecule has 0 N–H and O–H groups in total. The Morgan fingerprint density at radius 3 is 2.79 bits per heavy atom. The van der Waals surface area contributed by atoms with E-state index in [1.54, 1.807) is 0 Å². The first kappa shape index (κ1) is 10.7. The maximum atomic E-state index is 4.44. The number of pyridine rings is 1. The molecular weight excluding hydrogens is 170 g/mol. The summed E-state index contributed by atoms with van der Waals surface area (Å²) in [5.74, 6) is 0. The third-order valence-corrected chi connectivity index (χ3v) is 1.96. The van der Waals surface area contributed by atoms with E-state index < -0.39 is 0 Å². The lowest BCUT2D eigenvalue weighted by molar-refractivity contribution is 1.13. The number of nitrogens with zero attached hydrogens (tertiary/aromatic N) is 1. The molecule has 1 aliphatic rings. The van der Waals surface area contributed by atoms with Crippen molar-refractivity contribution < 1.29 is 0 Å². The second-order valence-corrected chi connectivity index (χ2v) is 2.96. The Balaban J connectivity index is 0.000000461. The Hall–Kier alpha value is -1.37. The summed E-state index contributed by atoms with van der Waals surface area (Å²) in [6.07, 6.45) is 9.47. The van der Waals surface area contributed by atoms with Crippen LogP contribution in [0.4, 0.5) is 0 Å². The Labute approximate surface area is 85.5 Å². The van der Waals surface area contributed by atoms with Crippen LogP contribution in [-0.2, 0) is 0 Å². The zero-order valence-electron chi connectivity index (χ0n) is 9.12. The van der Waals surface area contributed by atoms with Crippen LogP contribution in [0.25, 0.3) is 12.2 Å². The Morgan fingerprint density at radius 1 is 1.21 bits per heavy atom. The van der Waals surface area contributed by atoms with E-state index in [2.05, 4.69) is 41.4 Å². The summed E-state index contributed by atoms with van der Waals surface area (Å²) in [7, 11) is 0. The third kappa shape index (κ3) is 2.56. The van der Waals surface area contributed by atoms with Crippen LogP contribution in [0.15, 0.2) is 24.3 Å². The lowest BCUT2D eigenvalue weighted by atomic mass is 10.3. The summed E-state index contributed by atoms with van der Waals surface area (Å²) >= 11 is 0. The van der Waals surface area contributed by atoms with Gasteiger partial charge in [0.25, 0.3) is 0 Å². The van der Waals surface area contributed by atoms with Crippen LogP contribution in [0, 0.1) is 6.92 Å². The average Bonchev–Trinajstić information content (AvgIpc) is 2.45. The van der Waals surface area contributed by atoms with Crippen LogP contribution >= 0.6 is 0 Å². The van der Waals surface area contributed by atoms with Gasteiger partial charge in [-0.15, -0.1) is 0 Å². The van der Waals surface area contributed by atoms with Crippen molar-refractivity contribution in [3.05, 3.63) is 40.5 Å². The van der Waals surface area contributed by atoms with Crippen molar-refractivity contribution in [1.29, 1.82) is 0 Å². The van der Waals surface area contributed by atoms with Crippen molar-refractivity contribution in [2.45, 2.75) is 27.2 Å². The molecule has 2 rings (SSSR count). The highest BCUT2D eigenvalue weighted by atomic mass is 14.7. The maximum Gasteiger partial charge on any atom is 0.0701 e. The van der Waals surface area contributed by atoms with E-state index >= 15 is 0 Å². The molecule has 0 unspecified atom stereocenters. The van der Waals surface area contributed by atoms with E-state index in [-0.39, 0.29) is 0 Å². The van der Waals surface area contributed by atoms with Gasteiger partial charge in [-0.25, -0.2) is 0 Å². The highest BCUT2D eigenvalue weighted by Gasteiger charge is 1.89. The Kier molecular flexibility index (Phi) is 4.11. The van der Waals surface area contributed by atoms with E-state index in [1.165, 1.54) is 5.22 Å². The monoisotopic (exact) mass is 187 g/mol. The van der Waals surface area contributed by atoms with Gasteiger partial charge in [-0.05, 0) is 30.7 Å². The summed E-state index contributed by atoms with van der Waals surface area (Å²) in [4.78, 5) is 4.44. The first-order valence-corrected chi connectivity index (χ1v) is 5.17. The SMILES string of the molecule is CC.Cc1ccc2c(n1)=CC=CCC=2. The summed E-state index contributed by atoms with van der Waals surface area (Å²) in [5.41, 5.74) is 1.08. The lowest BCUT2D eigenvalue weighted by Gasteiger charge is -1.91. The molecular formula is C13H17N. The number of hydrogen-bond acceptors (Lipinski definition) is 1. The van der Waals surface area contributed by atoms with Gasteiger partial charge < -0.3 is 0 Å². The number of aromatic nitrogens is 1. The van der Waals surface area contributed by atoms with Crippen LogP contribution in [0.3, 0.4) is 0 Å². The van der Waals surface area contributed by atoms with Gasteiger partial charge in [0.2, 0.25) is 0 Å². The zero-order chi connectivity index (χ0) is 10.4. The van der Waals surface area contributed by atoms with E-state index in [1.807, 2.05) is 20.8 Å². The highest BCUT2D eigenvalue weighted by molar-refractivity contribution is 5.42. The van der Waals surface area contributed by atoms with E-state index in [9.17, 15) is 0 Å². The molecule has 1 nitrogen and oxygen atoms in total. The molecule has 0 atom stereocenters. The number of aryl methyl sites for hydroxylation is 1. The molecule has 0 bridgehead atoms. The molecule has 0 radical (unpaired) electrons. The number of rotatable bonds is 0.